The standard InChI is InChI=1S/C17H28N2O2/c1-12(18-19-15(20)21-17(5,6)7)13-8-10-14(11-9-13)16(2,3)4/h8-12,18H,1-7H3,(H,19,20). The van der Waals surface area contributed by atoms with Crippen LogP contribution in [0.5, 0.6) is 0 Å². The van der Waals surface area contributed by atoms with Crippen molar-refractivity contribution in [2.45, 2.75) is 65.5 Å². The van der Waals surface area contributed by atoms with E-state index in [1.807, 2.05) is 27.7 Å². The average molecular weight is 292 g/mol. The molecule has 4 nitrogen and oxygen atoms in total. The second-order valence-electron chi connectivity index (χ2n) is 7.36. The summed E-state index contributed by atoms with van der Waals surface area (Å²) in [7, 11) is 0. The molecule has 0 radical (unpaired) electrons. The van der Waals surface area contributed by atoms with Crippen LogP contribution < -0.4 is 10.9 Å². The third-order valence-corrected chi connectivity index (χ3v) is 3.07. The van der Waals surface area contributed by atoms with E-state index >= 15 is 0 Å². The summed E-state index contributed by atoms with van der Waals surface area (Å²) in [5.41, 5.74) is 7.57. The van der Waals surface area contributed by atoms with Crippen LogP contribution in [-0.4, -0.2) is 11.7 Å². The van der Waals surface area contributed by atoms with Gasteiger partial charge in [-0.05, 0) is 44.2 Å². The third kappa shape index (κ3) is 6.17. The topological polar surface area (TPSA) is 50.4 Å². The Labute approximate surface area is 128 Å². The summed E-state index contributed by atoms with van der Waals surface area (Å²) in [6.45, 7) is 14.1. The lowest BCUT2D eigenvalue weighted by molar-refractivity contribution is 0.0489. The summed E-state index contributed by atoms with van der Waals surface area (Å²) >= 11 is 0. The Hall–Kier alpha value is -1.55. The van der Waals surface area contributed by atoms with Gasteiger partial charge in [0, 0.05) is 6.04 Å². The number of nitrogens with one attached hydrogen (secondary N) is 2. The SMILES string of the molecule is CC(NNC(=O)OC(C)(C)C)c1ccc(C(C)(C)C)cc1. The highest BCUT2D eigenvalue weighted by Crippen LogP contribution is 2.23. The molecule has 0 aliphatic carbocycles. The van der Waals surface area contributed by atoms with Crippen LogP contribution in [0.2, 0.25) is 0 Å². The first-order valence-corrected chi connectivity index (χ1v) is 7.34. The number of carbonyl (C=O) groups excluding carboxylic acids is 1. The first-order valence-electron chi connectivity index (χ1n) is 7.34. The molecule has 0 aliphatic heterocycles. The van der Waals surface area contributed by atoms with Crippen molar-refractivity contribution in [1.29, 1.82) is 0 Å². The Morgan fingerprint density at radius 2 is 1.57 bits per heavy atom. The highest BCUT2D eigenvalue weighted by molar-refractivity contribution is 5.67. The van der Waals surface area contributed by atoms with Crippen molar-refractivity contribution in [2.24, 2.45) is 0 Å². The van der Waals surface area contributed by atoms with Crippen LogP contribution in [-0.2, 0) is 10.2 Å². The molecular formula is C17H28N2O2. The van der Waals surface area contributed by atoms with Crippen molar-refractivity contribution in [3.63, 3.8) is 0 Å². The maximum absolute atomic E-state index is 11.6. The van der Waals surface area contributed by atoms with Gasteiger partial charge >= 0.3 is 6.09 Å². The molecule has 2 N–H and O–H groups in total. The number of benzene rings is 1. The fraction of sp³-hybridized carbons (Fsp3) is 0.588. The Morgan fingerprint density at radius 1 is 1.05 bits per heavy atom. The Bertz CT molecular complexity index is 467. The lowest BCUT2D eigenvalue weighted by Crippen LogP contribution is -2.42. The van der Waals surface area contributed by atoms with Gasteiger partial charge in [-0.2, -0.15) is 0 Å². The van der Waals surface area contributed by atoms with E-state index in [-0.39, 0.29) is 11.5 Å². The fourth-order valence-corrected chi connectivity index (χ4v) is 1.83. The average Bonchev–Trinajstić information content (AvgIpc) is 2.33. The largest absolute Gasteiger partial charge is 0.443 e. The van der Waals surface area contributed by atoms with Gasteiger partial charge in [0.05, 0.1) is 0 Å². The molecule has 1 amide bonds. The summed E-state index contributed by atoms with van der Waals surface area (Å²) in [5.74, 6) is 0. The molecule has 1 aromatic carbocycles. The van der Waals surface area contributed by atoms with Crippen LogP contribution in [0.3, 0.4) is 0 Å². The van der Waals surface area contributed by atoms with Gasteiger partial charge in [-0.25, -0.2) is 10.2 Å². The van der Waals surface area contributed by atoms with E-state index in [4.69, 9.17) is 4.74 Å². The lowest BCUT2D eigenvalue weighted by atomic mass is 9.86. The predicted octanol–water partition coefficient (Wildman–Crippen LogP) is 4.07. The maximum Gasteiger partial charge on any atom is 0.422 e. The van der Waals surface area contributed by atoms with Gasteiger partial charge < -0.3 is 4.74 Å². The summed E-state index contributed by atoms with van der Waals surface area (Å²) in [4.78, 5) is 11.6. The number of rotatable bonds is 3. The number of hydrogen-bond acceptors (Lipinski definition) is 3. The first-order chi connectivity index (χ1) is 9.49. The van der Waals surface area contributed by atoms with Crippen molar-refractivity contribution < 1.29 is 9.53 Å². The molecule has 1 rings (SSSR count). The third-order valence-electron chi connectivity index (χ3n) is 3.07. The van der Waals surface area contributed by atoms with Crippen LogP contribution in [0.1, 0.15) is 65.6 Å². The van der Waals surface area contributed by atoms with E-state index in [0.717, 1.165) is 5.56 Å². The summed E-state index contributed by atoms with van der Waals surface area (Å²) < 4.78 is 5.18. The molecule has 118 valence electrons. The Morgan fingerprint density at radius 3 is 2.00 bits per heavy atom. The maximum atomic E-state index is 11.6. The van der Waals surface area contributed by atoms with Gasteiger partial charge in [-0.15, -0.1) is 0 Å². The minimum absolute atomic E-state index is 0.00605. The van der Waals surface area contributed by atoms with Crippen LogP contribution in [0.15, 0.2) is 24.3 Å². The molecule has 1 unspecified atom stereocenters. The minimum atomic E-state index is -0.497. The van der Waals surface area contributed by atoms with Crippen LogP contribution in [0.25, 0.3) is 0 Å². The van der Waals surface area contributed by atoms with E-state index in [1.165, 1.54) is 5.56 Å². The van der Waals surface area contributed by atoms with E-state index in [9.17, 15) is 4.79 Å². The zero-order chi connectivity index (χ0) is 16.3. The minimum Gasteiger partial charge on any atom is -0.443 e. The molecule has 0 aliphatic rings. The molecule has 0 spiro atoms. The van der Waals surface area contributed by atoms with Crippen LogP contribution >= 0.6 is 0 Å². The molecule has 0 fully saturated rings. The number of hydrazine groups is 1. The van der Waals surface area contributed by atoms with Gasteiger partial charge in [0.1, 0.15) is 5.60 Å². The van der Waals surface area contributed by atoms with Gasteiger partial charge in [0.2, 0.25) is 0 Å². The molecule has 21 heavy (non-hydrogen) atoms. The van der Waals surface area contributed by atoms with E-state index in [1.54, 1.807) is 0 Å². The summed E-state index contributed by atoms with van der Waals surface area (Å²) in [6.07, 6.45) is -0.472. The molecule has 1 atom stereocenters. The van der Waals surface area contributed by atoms with Crippen molar-refractivity contribution >= 4 is 6.09 Å². The number of hydrogen-bond donors (Lipinski definition) is 2. The summed E-state index contributed by atoms with van der Waals surface area (Å²) in [5, 5.41) is 0. The van der Waals surface area contributed by atoms with Crippen molar-refractivity contribution in [3.05, 3.63) is 35.4 Å². The van der Waals surface area contributed by atoms with E-state index in [0.29, 0.717) is 0 Å². The van der Waals surface area contributed by atoms with Gasteiger partial charge in [-0.3, -0.25) is 5.43 Å². The highest BCUT2D eigenvalue weighted by Gasteiger charge is 2.17. The fourth-order valence-electron chi connectivity index (χ4n) is 1.83. The molecule has 4 heteroatoms. The quantitative estimate of drug-likeness (QED) is 0.826. The van der Waals surface area contributed by atoms with Gasteiger partial charge in [0.25, 0.3) is 0 Å². The normalized spacial score (nSPS) is 13.7. The molecule has 0 saturated heterocycles. The molecule has 0 heterocycles. The van der Waals surface area contributed by atoms with Crippen molar-refractivity contribution in [3.8, 4) is 0 Å². The monoisotopic (exact) mass is 292 g/mol. The summed E-state index contributed by atoms with van der Waals surface area (Å²) in [6, 6.07) is 8.41. The predicted molar refractivity (Wildman–Crippen MR) is 86.1 cm³/mol. The second-order valence-corrected chi connectivity index (χ2v) is 7.36. The van der Waals surface area contributed by atoms with E-state index < -0.39 is 11.7 Å². The van der Waals surface area contributed by atoms with Crippen molar-refractivity contribution in [1.82, 2.24) is 10.9 Å². The zero-order valence-corrected chi connectivity index (χ0v) is 14.2. The Kier molecular flexibility index (Phi) is 5.40. The van der Waals surface area contributed by atoms with Crippen LogP contribution in [0, 0.1) is 0 Å². The Balaban J connectivity index is 2.56. The first kappa shape index (κ1) is 17.5. The van der Waals surface area contributed by atoms with Gasteiger partial charge in [-0.1, -0.05) is 45.0 Å². The molecule has 1 aromatic rings. The molecule has 0 bridgehead atoms. The lowest BCUT2D eigenvalue weighted by Gasteiger charge is -2.22. The smallest absolute Gasteiger partial charge is 0.422 e. The highest BCUT2D eigenvalue weighted by atomic mass is 16.6. The molecule has 0 aromatic heterocycles. The number of carbonyl (C=O) groups is 1. The second kappa shape index (κ2) is 6.48. The zero-order valence-electron chi connectivity index (χ0n) is 14.2. The van der Waals surface area contributed by atoms with Crippen molar-refractivity contribution in [2.75, 3.05) is 0 Å². The number of amides is 1. The molecule has 0 saturated carbocycles. The van der Waals surface area contributed by atoms with E-state index in [2.05, 4.69) is 55.9 Å². The molecular weight excluding hydrogens is 264 g/mol. The van der Waals surface area contributed by atoms with Gasteiger partial charge in [0.15, 0.2) is 0 Å². The number of ether oxygens (including phenoxy) is 1. The van der Waals surface area contributed by atoms with Crippen LogP contribution in [0.4, 0.5) is 4.79 Å².